The molecule has 2 nitrogen and oxygen atoms in total. The van der Waals surface area contributed by atoms with E-state index < -0.39 is 10.8 Å². The minimum absolute atomic E-state index is 0.399. The van der Waals surface area contributed by atoms with Crippen LogP contribution in [0.2, 0.25) is 0 Å². The molecule has 2 N–H and O–H groups in total. The van der Waals surface area contributed by atoms with Crippen molar-refractivity contribution in [2.45, 2.75) is 70.0 Å². The highest BCUT2D eigenvalue weighted by Gasteiger charge is 2.34. The first-order valence-electron chi connectivity index (χ1n) is 8.31. The quantitative estimate of drug-likeness (QED) is 0.812. The molecule has 0 spiro atoms. The van der Waals surface area contributed by atoms with E-state index in [9.17, 15) is 4.21 Å². The summed E-state index contributed by atoms with van der Waals surface area (Å²) in [6, 6.07) is 0. The molecule has 0 amide bonds. The van der Waals surface area contributed by atoms with Gasteiger partial charge in [-0.3, -0.25) is 4.21 Å². The number of hydrogen-bond acceptors (Lipinski definition) is 2. The molecule has 2 rings (SSSR count). The summed E-state index contributed by atoms with van der Waals surface area (Å²) in [7, 11) is -0.631. The normalized spacial score (nSPS) is 34.5. The molecule has 0 aliphatic heterocycles. The van der Waals surface area contributed by atoms with Crippen LogP contribution in [-0.4, -0.2) is 21.8 Å². The number of rotatable bonds is 6. The second kappa shape index (κ2) is 7.78. The van der Waals surface area contributed by atoms with Crippen LogP contribution in [0.5, 0.6) is 0 Å². The van der Waals surface area contributed by atoms with Gasteiger partial charge in [0.2, 0.25) is 0 Å². The van der Waals surface area contributed by atoms with Crippen LogP contribution < -0.4 is 5.73 Å². The number of nitrogens with two attached hydrogens (primary N) is 1. The molecular formula is C16H31NOS. The maximum atomic E-state index is 12.7. The van der Waals surface area contributed by atoms with Crippen LogP contribution in [0.25, 0.3) is 0 Å². The summed E-state index contributed by atoms with van der Waals surface area (Å²) in [5, 5.41) is 0.399. The van der Waals surface area contributed by atoms with Crippen LogP contribution in [0.15, 0.2) is 0 Å². The Kier molecular flexibility index (Phi) is 6.34. The molecule has 2 fully saturated rings. The lowest BCUT2D eigenvalue weighted by Crippen LogP contribution is -2.38. The molecule has 112 valence electrons. The fraction of sp³-hybridized carbons (Fsp3) is 1.00. The molecular weight excluding hydrogens is 254 g/mol. The van der Waals surface area contributed by atoms with E-state index in [2.05, 4.69) is 6.92 Å². The van der Waals surface area contributed by atoms with E-state index in [-0.39, 0.29) is 0 Å². The zero-order valence-electron chi connectivity index (χ0n) is 12.5. The Hall–Kier alpha value is 0.110. The molecule has 0 radical (unpaired) electrons. The van der Waals surface area contributed by atoms with Crippen molar-refractivity contribution >= 4 is 10.8 Å². The van der Waals surface area contributed by atoms with Gasteiger partial charge in [0.15, 0.2) is 0 Å². The zero-order chi connectivity index (χ0) is 13.7. The third-order valence-corrected chi connectivity index (χ3v) is 7.30. The van der Waals surface area contributed by atoms with Crippen LogP contribution in [0.3, 0.4) is 0 Å². The monoisotopic (exact) mass is 285 g/mol. The minimum Gasteiger partial charge on any atom is -0.330 e. The van der Waals surface area contributed by atoms with Crippen LogP contribution in [-0.2, 0) is 10.8 Å². The zero-order valence-corrected chi connectivity index (χ0v) is 13.3. The van der Waals surface area contributed by atoms with Crippen LogP contribution >= 0.6 is 0 Å². The lowest BCUT2D eigenvalue weighted by Gasteiger charge is -2.35. The van der Waals surface area contributed by atoms with Gasteiger partial charge in [-0.25, -0.2) is 0 Å². The first kappa shape index (κ1) is 15.5. The van der Waals surface area contributed by atoms with Gasteiger partial charge in [0.05, 0.1) is 0 Å². The average molecular weight is 285 g/mol. The third kappa shape index (κ3) is 4.29. The lowest BCUT2D eigenvalue weighted by molar-refractivity contribution is 0.272. The highest BCUT2D eigenvalue weighted by Crippen LogP contribution is 2.36. The van der Waals surface area contributed by atoms with Crippen molar-refractivity contribution in [3.05, 3.63) is 0 Å². The highest BCUT2D eigenvalue weighted by molar-refractivity contribution is 7.85. The van der Waals surface area contributed by atoms with E-state index in [1.54, 1.807) is 0 Å². The second-order valence-electron chi connectivity index (χ2n) is 6.70. The van der Waals surface area contributed by atoms with E-state index in [1.807, 2.05) is 0 Å². The van der Waals surface area contributed by atoms with E-state index in [4.69, 9.17) is 5.73 Å². The molecule has 19 heavy (non-hydrogen) atoms. The molecule has 2 aliphatic rings. The Morgan fingerprint density at radius 3 is 2.47 bits per heavy atom. The Morgan fingerprint density at radius 1 is 1.11 bits per heavy atom. The van der Waals surface area contributed by atoms with Crippen molar-refractivity contribution < 1.29 is 4.21 Å². The molecule has 3 heteroatoms. The van der Waals surface area contributed by atoms with Crippen molar-refractivity contribution in [2.75, 3.05) is 12.3 Å². The Bertz CT molecular complexity index is 288. The summed E-state index contributed by atoms with van der Waals surface area (Å²) >= 11 is 0. The van der Waals surface area contributed by atoms with E-state index in [0.29, 0.717) is 11.2 Å². The summed E-state index contributed by atoms with van der Waals surface area (Å²) in [6.07, 6.45) is 11.6. The summed E-state index contributed by atoms with van der Waals surface area (Å²) in [4.78, 5) is 0. The predicted molar refractivity (Wildman–Crippen MR) is 83.5 cm³/mol. The molecule has 0 bridgehead atoms. The Balaban J connectivity index is 1.90. The summed E-state index contributed by atoms with van der Waals surface area (Å²) in [6.45, 7) is 3.00. The number of hydrogen-bond donors (Lipinski definition) is 1. The van der Waals surface area contributed by atoms with Crippen molar-refractivity contribution in [3.63, 3.8) is 0 Å². The first-order valence-corrected chi connectivity index (χ1v) is 9.70. The van der Waals surface area contributed by atoms with Crippen LogP contribution in [0.1, 0.15) is 64.7 Å². The molecule has 0 heterocycles. The van der Waals surface area contributed by atoms with Gasteiger partial charge < -0.3 is 5.73 Å². The smallest absolute Gasteiger partial charge is 0.0390 e. The van der Waals surface area contributed by atoms with Gasteiger partial charge in [-0.1, -0.05) is 39.0 Å². The molecule has 0 aromatic rings. The van der Waals surface area contributed by atoms with Gasteiger partial charge in [-0.05, 0) is 50.0 Å². The fourth-order valence-electron chi connectivity index (χ4n) is 4.07. The maximum Gasteiger partial charge on any atom is 0.0390 e. The van der Waals surface area contributed by atoms with E-state index in [1.165, 1.54) is 57.8 Å². The second-order valence-corrected chi connectivity index (χ2v) is 8.40. The highest BCUT2D eigenvalue weighted by atomic mass is 32.2. The average Bonchev–Trinajstić information content (AvgIpc) is 2.92. The topological polar surface area (TPSA) is 43.1 Å². The Labute approximate surface area is 121 Å². The Morgan fingerprint density at radius 2 is 1.84 bits per heavy atom. The molecule has 0 aromatic heterocycles. The molecule has 0 aromatic carbocycles. The molecule has 0 saturated heterocycles. The predicted octanol–water partition coefficient (Wildman–Crippen LogP) is 3.47. The molecule has 4 atom stereocenters. The van der Waals surface area contributed by atoms with Gasteiger partial charge in [0.1, 0.15) is 0 Å². The SMILES string of the molecule is CCCC1CCC(CN)C(S(=O)CC2CCCC2)C1. The lowest BCUT2D eigenvalue weighted by atomic mass is 9.80. The van der Waals surface area contributed by atoms with E-state index in [0.717, 1.165) is 24.1 Å². The van der Waals surface area contributed by atoms with Gasteiger partial charge in [0.25, 0.3) is 0 Å². The maximum absolute atomic E-state index is 12.7. The first-order chi connectivity index (χ1) is 9.24. The van der Waals surface area contributed by atoms with Gasteiger partial charge in [-0.15, -0.1) is 0 Å². The van der Waals surface area contributed by atoms with Crippen molar-refractivity contribution in [2.24, 2.45) is 23.5 Å². The molecule has 4 unspecified atom stereocenters. The minimum atomic E-state index is -0.631. The van der Waals surface area contributed by atoms with Crippen molar-refractivity contribution in [1.82, 2.24) is 0 Å². The standard InChI is InChI=1S/C16H31NOS/c1-2-5-13-8-9-15(11-17)16(10-13)19(18)12-14-6-3-4-7-14/h13-16H,2-12,17H2,1H3. The molecule has 2 aliphatic carbocycles. The van der Waals surface area contributed by atoms with E-state index >= 15 is 0 Å². The molecule has 2 saturated carbocycles. The fourth-order valence-corrected chi connectivity index (χ4v) is 6.28. The summed E-state index contributed by atoms with van der Waals surface area (Å²) < 4.78 is 12.7. The summed E-state index contributed by atoms with van der Waals surface area (Å²) in [5.41, 5.74) is 5.92. The third-order valence-electron chi connectivity index (χ3n) is 5.25. The van der Waals surface area contributed by atoms with Crippen molar-refractivity contribution in [1.29, 1.82) is 0 Å². The van der Waals surface area contributed by atoms with Crippen LogP contribution in [0, 0.1) is 17.8 Å². The van der Waals surface area contributed by atoms with Crippen molar-refractivity contribution in [3.8, 4) is 0 Å². The largest absolute Gasteiger partial charge is 0.330 e. The van der Waals surface area contributed by atoms with Gasteiger partial charge in [-0.2, -0.15) is 0 Å². The van der Waals surface area contributed by atoms with Gasteiger partial charge in [0, 0.05) is 21.8 Å². The van der Waals surface area contributed by atoms with Crippen LogP contribution in [0.4, 0.5) is 0 Å². The summed E-state index contributed by atoms with van der Waals surface area (Å²) in [5.74, 6) is 3.03. The van der Waals surface area contributed by atoms with Gasteiger partial charge >= 0.3 is 0 Å².